The predicted molar refractivity (Wildman–Crippen MR) is 113 cm³/mol. The lowest BCUT2D eigenvalue weighted by Crippen LogP contribution is -2.31. The molecule has 4 heterocycles. The SMILES string of the molecule is Cc1nc(-c2cccc(Cl)c2)sc1C(=O)N1CCCC1c1nnc2ccccn12. The highest BCUT2D eigenvalue weighted by Crippen LogP contribution is 2.36. The molecule has 146 valence electrons. The molecule has 1 saturated heterocycles. The average molecular weight is 424 g/mol. The Balaban J connectivity index is 1.48. The highest BCUT2D eigenvalue weighted by molar-refractivity contribution is 7.17. The summed E-state index contributed by atoms with van der Waals surface area (Å²) in [7, 11) is 0. The number of benzene rings is 1. The molecule has 0 bridgehead atoms. The minimum atomic E-state index is -0.0870. The molecule has 3 aromatic heterocycles. The van der Waals surface area contributed by atoms with E-state index < -0.39 is 0 Å². The van der Waals surface area contributed by atoms with Crippen molar-refractivity contribution in [3.05, 3.63) is 70.1 Å². The zero-order valence-corrected chi connectivity index (χ0v) is 17.3. The highest BCUT2D eigenvalue weighted by atomic mass is 35.5. The van der Waals surface area contributed by atoms with Gasteiger partial charge < -0.3 is 4.90 Å². The summed E-state index contributed by atoms with van der Waals surface area (Å²) in [6.45, 7) is 2.59. The van der Waals surface area contributed by atoms with Crippen molar-refractivity contribution in [3.63, 3.8) is 0 Å². The maximum Gasteiger partial charge on any atom is 0.266 e. The number of hydrogen-bond donors (Lipinski definition) is 0. The van der Waals surface area contributed by atoms with Crippen molar-refractivity contribution in [3.8, 4) is 10.6 Å². The Morgan fingerprint density at radius 2 is 2.10 bits per heavy atom. The summed E-state index contributed by atoms with van der Waals surface area (Å²) in [5, 5.41) is 10.1. The van der Waals surface area contributed by atoms with Gasteiger partial charge in [0.1, 0.15) is 9.88 Å². The number of hydrogen-bond acceptors (Lipinski definition) is 5. The first kappa shape index (κ1) is 18.3. The topological polar surface area (TPSA) is 63.4 Å². The Morgan fingerprint density at radius 3 is 2.97 bits per heavy atom. The van der Waals surface area contributed by atoms with E-state index in [1.165, 1.54) is 11.3 Å². The zero-order chi connectivity index (χ0) is 20.0. The fourth-order valence-electron chi connectivity index (χ4n) is 3.84. The number of aromatic nitrogens is 4. The number of carbonyl (C=O) groups excluding carboxylic acids is 1. The first-order chi connectivity index (χ1) is 14.1. The van der Waals surface area contributed by atoms with Crippen LogP contribution in [0.5, 0.6) is 0 Å². The smallest absolute Gasteiger partial charge is 0.266 e. The van der Waals surface area contributed by atoms with Crippen LogP contribution in [0.3, 0.4) is 0 Å². The van der Waals surface area contributed by atoms with Gasteiger partial charge in [0.15, 0.2) is 11.5 Å². The van der Waals surface area contributed by atoms with E-state index in [4.69, 9.17) is 11.6 Å². The van der Waals surface area contributed by atoms with Crippen molar-refractivity contribution in [1.82, 2.24) is 24.5 Å². The molecule has 4 aromatic rings. The van der Waals surface area contributed by atoms with Crippen LogP contribution in [-0.2, 0) is 0 Å². The van der Waals surface area contributed by atoms with Crippen molar-refractivity contribution < 1.29 is 4.79 Å². The normalized spacial score (nSPS) is 16.6. The number of nitrogens with zero attached hydrogens (tertiary/aromatic N) is 5. The van der Waals surface area contributed by atoms with E-state index in [9.17, 15) is 4.79 Å². The molecule has 0 radical (unpaired) electrons. The van der Waals surface area contributed by atoms with Gasteiger partial charge in [0.2, 0.25) is 0 Å². The number of likely N-dealkylation sites (tertiary alicyclic amines) is 1. The van der Waals surface area contributed by atoms with Gasteiger partial charge in [0.25, 0.3) is 5.91 Å². The van der Waals surface area contributed by atoms with Crippen LogP contribution in [0.2, 0.25) is 5.02 Å². The molecule has 1 fully saturated rings. The molecule has 0 aliphatic carbocycles. The van der Waals surface area contributed by atoms with Gasteiger partial charge in [-0.2, -0.15) is 0 Å². The van der Waals surface area contributed by atoms with Gasteiger partial charge >= 0.3 is 0 Å². The second-order valence-electron chi connectivity index (χ2n) is 7.09. The summed E-state index contributed by atoms with van der Waals surface area (Å²) in [4.78, 5) is 20.6. The van der Waals surface area contributed by atoms with Crippen LogP contribution in [0.25, 0.3) is 16.2 Å². The predicted octanol–water partition coefficient (Wildman–Crippen LogP) is 4.79. The fourth-order valence-corrected chi connectivity index (χ4v) is 5.04. The first-order valence-corrected chi connectivity index (χ1v) is 10.7. The minimum absolute atomic E-state index is 0.00320. The average Bonchev–Trinajstić information content (AvgIpc) is 3.45. The summed E-state index contributed by atoms with van der Waals surface area (Å²) < 4.78 is 1.97. The van der Waals surface area contributed by atoms with Crippen molar-refractivity contribution in [2.45, 2.75) is 25.8 Å². The molecule has 1 aromatic carbocycles. The van der Waals surface area contributed by atoms with E-state index in [-0.39, 0.29) is 11.9 Å². The Kier molecular flexibility index (Phi) is 4.56. The molecule has 1 unspecified atom stereocenters. The zero-order valence-electron chi connectivity index (χ0n) is 15.7. The molecule has 6 nitrogen and oxygen atoms in total. The van der Waals surface area contributed by atoms with Gasteiger partial charge in [-0.15, -0.1) is 21.5 Å². The number of thiazole rings is 1. The van der Waals surface area contributed by atoms with E-state index in [1.54, 1.807) is 0 Å². The monoisotopic (exact) mass is 423 g/mol. The summed E-state index contributed by atoms with van der Waals surface area (Å²) in [5.41, 5.74) is 2.46. The van der Waals surface area contributed by atoms with Gasteiger partial charge in [-0.25, -0.2) is 4.98 Å². The lowest BCUT2D eigenvalue weighted by molar-refractivity contribution is 0.0733. The first-order valence-electron chi connectivity index (χ1n) is 9.46. The molecular weight excluding hydrogens is 406 g/mol. The second-order valence-corrected chi connectivity index (χ2v) is 8.52. The molecule has 5 rings (SSSR count). The van der Waals surface area contributed by atoms with Gasteiger partial charge in [0.05, 0.1) is 11.7 Å². The minimum Gasteiger partial charge on any atom is -0.328 e. The van der Waals surface area contributed by atoms with E-state index in [2.05, 4.69) is 15.2 Å². The van der Waals surface area contributed by atoms with Crippen LogP contribution >= 0.6 is 22.9 Å². The van der Waals surface area contributed by atoms with Crippen molar-refractivity contribution >= 4 is 34.5 Å². The van der Waals surface area contributed by atoms with Crippen LogP contribution in [0.4, 0.5) is 0 Å². The van der Waals surface area contributed by atoms with Gasteiger partial charge in [-0.3, -0.25) is 9.20 Å². The number of aryl methyl sites for hydroxylation is 1. The molecule has 1 aliphatic rings. The molecule has 0 N–H and O–H groups in total. The summed E-state index contributed by atoms with van der Waals surface area (Å²) >= 11 is 7.53. The molecule has 29 heavy (non-hydrogen) atoms. The van der Waals surface area contributed by atoms with Gasteiger partial charge in [-0.05, 0) is 44.0 Å². The number of amides is 1. The Morgan fingerprint density at radius 1 is 1.21 bits per heavy atom. The number of carbonyl (C=O) groups is 1. The lowest BCUT2D eigenvalue weighted by atomic mass is 10.2. The molecule has 0 spiro atoms. The number of fused-ring (bicyclic) bond motifs is 1. The van der Waals surface area contributed by atoms with Crippen LogP contribution in [-0.4, -0.2) is 36.9 Å². The Hall–Kier alpha value is -2.77. The van der Waals surface area contributed by atoms with Crippen LogP contribution < -0.4 is 0 Å². The third kappa shape index (κ3) is 3.20. The van der Waals surface area contributed by atoms with E-state index in [0.29, 0.717) is 16.4 Å². The molecular formula is C21H18ClN5OS. The summed E-state index contributed by atoms with van der Waals surface area (Å²) in [5.74, 6) is 0.812. The summed E-state index contributed by atoms with van der Waals surface area (Å²) in [6, 6.07) is 13.3. The van der Waals surface area contributed by atoms with Crippen molar-refractivity contribution in [2.75, 3.05) is 6.54 Å². The Labute approximate surface area is 176 Å². The quantitative estimate of drug-likeness (QED) is 0.475. The third-order valence-corrected chi connectivity index (χ3v) is 6.64. The molecule has 8 heteroatoms. The number of halogens is 1. The number of pyridine rings is 1. The Bertz CT molecular complexity index is 1220. The standard InChI is InChI=1S/C21H18ClN5OS/c1-13-18(29-20(23-13)14-6-4-7-15(22)12-14)21(28)26-11-5-8-16(26)19-25-24-17-9-2-3-10-27(17)19/h2-4,6-7,9-10,12,16H,5,8,11H2,1H3. The highest BCUT2D eigenvalue weighted by Gasteiger charge is 2.35. The van der Waals surface area contributed by atoms with Crippen molar-refractivity contribution in [2.24, 2.45) is 0 Å². The largest absolute Gasteiger partial charge is 0.328 e. The van der Waals surface area contributed by atoms with Gasteiger partial charge in [-0.1, -0.05) is 29.8 Å². The van der Waals surface area contributed by atoms with E-state index in [0.717, 1.165) is 40.6 Å². The molecule has 1 atom stereocenters. The fraction of sp³-hybridized carbons (Fsp3) is 0.238. The van der Waals surface area contributed by atoms with Crippen molar-refractivity contribution in [1.29, 1.82) is 0 Å². The van der Waals surface area contributed by atoms with Crippen LogP contribution in [0, 0.1) is 6.92 Å². The van der Waals surface area contributed by atoms with Crippen LogP contribution in [0.1, 0.15) is 40.1 Å². The molecule has 0 saturated carbocycles. The van der Waals surface area contributed by atoms with Gasteiger partial charge in [0, 0.05) is 23.3 Å². The lowest BCUT2D eigenvalue weighted by Gasteiger charge is -2.23. The maximum absolute atomic E-state index is 13.4. The van der Waals surface area contributed by atoms with E-state index >= 15 is 0 Å². The number of rotatable bonds is 3. The van der Waals surface area contributed by atoms with Crippen LogP contribution in [0.15, 0.2) is 48.7 Å². The van der Waals surface area contributed by atoms with E-state index in [1.807, 2.05) is 64.9 Å². The third-order valence-electron chi connectivity index (χ3n) is 5.21. The summed E-state index contributed by atoms with van der Waals surface area (Å²) in [6.07, 6.45) is 3.76. The maximum atomic E-state index is 13.4. The second kappa shape index (κ2) is 7.24. The molecule has 1 amide bonds. The molecule has 1 aliphatic heterocycles.